The van der Waals surface area contributed by atoms with Gasteiger partial charge in [-0.15, -0.1) is 0 Å². The lowest BCUT2D eigenvalue weighted by molar-refractivity contribution is -0.384. The number of benzene rings is 3. The van der Waals surface area contributed by atoms with Crippen molar-refractivity contribution >= 4 is 35.0 Å². The molecule has 3 aromatic rings. The number of amides is 2. The maximum Gasteiger partial charge on any atom is 0.270 e. The Labute approximate surface area is 206 Å². The molecular formula is C28H21N3O5. The fourth-order valence-electron chi connectivity index (χ4n) is 5.75. The van der Waals surface area contributed by atoms with Crippen LogP contribution in [0.1, 0.15) is 33.1 Å². The summed E-state index contributed by atoms with van der Waals surface area (Å²) in [4.78, 5) is 55.4. The second-order valence-electron chi connectivity index (χ2n) is 9.35. The highest BCUT2D eigenvalue weighted by Gasteiger charge is 2.64. The van der Waals surface area contributed by atoms with Crippen LogP contribution in [0.2, 0.25) is 0 Å². The van der Waals surface area contributed by atoms with Crippen molar-refractivity contribution < 1.29 is 19.3 Å². The summed E-state index contributed by atoms with van der Waals surface area (Å²) in [5.41, 5.74) is 3.19. The number of aryl methyl sites for hydroxylation is 1. The van der Waals surface area contributed by atoms with Gasteiger partial charge in [0.1, 0.15) is 6.04 Å². The summed E-state index contributed by atoms with van der Waals surface area (Å²) < 4.78 is 0. The molecule has 0 N–H and O–H groups in total. The molecule has 2 saturated heterocycles. The van der Waals surface area contributed by atoms with Crippen LogP contribution in [-0.2, 0) is 9.59 Å². The highest BCUT2D eigenvalue weighted by atomic mass is 16.6. The lowest BCUT2D eigenvalue weighted by Crippen LogP contribution is -2.44. The Morgan fingerprint density at radius 2 is 1.64 bits per heavy atom. The van der Waals surface area contributed by atoms with E-state index in [1.54, 1.807) is 23.2 Å². The van der Waals surface area contributed by atoms with E-state index in [2.05, 4.69) is 0 Å². The average molecular weight is 479 g/mol. The van der Waals surface area contributed by atoms with Crippen molar-refractivity contribution in [1.82, 2.24) is 4.90 Å². The molecular weight excluding hydrogens is 458 g/mol. The van der Waals surface area contributed by atoms with Crippen LogP contribution in [0, 0.1) is 28.9 Å². The monoisotopic (exact) mass is 479 g/mol. The Morgan fingerprint density at radius 1 is 0.917 bits per heavy atom. The van der Waals surface area contributed by atoms with Gasteiger partial charge in [0.2, 0.25) is 11.8 Å². The number of rotatable bonds is 4. The molecule has 2 amide bonds. The zero-order valence-electron chi connectivity index (χ0n) is 19.3. The van der Waals surface area contributed by atoms with Crippen molar-refractivity contribution in [3.8, 4) is 0 Å². The van der Waals surface area contributed by atoms with Crippen molar-refractivity contribution in [2.24, 2.45) is 11.8 Å². The minimum absolute atomic E-state index is 0.134. The number of fused-ring (bicyclic) bond motifs is 5. The molecule has 0 aromatic heterocycles. The quantitative estimate of drug-likeness (QED) is 0.239. The first kappa shape index (κ1) is 21.9. The van der Waals surface area contributed by atoms with Crippen molar-refractivity contribution in [2.45, 2.75) is 19.0 Å². The molecule has 8 nitrogen and oxygen atoms in total. The van der Waals surface area contributed by atoms with Gasteiger partial charge in [0.05, 0.1) is 28.5 Å². The van der Waals surface area contributed by atoms with Crippen molar-refractivity contribution in [3.05, 3.63) is 111 Å². The van der Waals surface area contributed by atoms with Gasteiger partial charge in [0.25, 0.3) is 5.69 Å². The number of carbonyl (C=O) groups is 3. The summed E-state index contributed by atoms with van der Waals surface area (Å²) >= 11 is 0. The minimum atomic E-state index is -0.974. The van der Waals surface area contributed by atoms with E-state index in [0.717, 1.165) is 16.7 Å². The zero-order chi connectivity index (χ0) is 25.1. The maximum absolute atomic E-state index is 13.9. The van der Waals surface area contributed by atoms with Gasteiger partial charge in [0, 0.05) is 23.9 Å². The van der Waals surface area contributed by atoms with Gasteiger partial charge in [0.15, 0.2) is 5.78 Å². The Hall–Kier alpha value is -4.59. The molecule has 0 spiro atoms. The highest BCUT2D eigenvalue weighted by molar-refractivity contribution is 6.24. The molecule has 36 heavy (non-hydrogen) atoms. The van der Waals surface area contributed by atoms with E-state index in [-0.39, 0.29) is 17.2 Å². The number of hydrogen-bond acceptors (Lipinski definition) is 6. The predicted molar refractivity (Wildman–Crippen MR) is 132 cm³/mol. The molecule has 2 fully saturated rings. The first-order valence-corrected chi connectivity index (χ1v) is 11.6. The van der Waals surface area contributed by atoms with E-state index in [1.807, 2.05) is 49.4 Å². The number of hydrogen-bond donors (Lipinski definition) is 0. The van der Waals surface area contributed by atoms with Crippen LogP contribution in [0.25, 0.3) is 6.08 Å². The average Bonchev–Trinajstić information content (AvgIpc) is 3.37. The summed E-state index contributed by atoms with van der Waals surface area (Å²) in [5.74, 6) is -2.89. The summed E-state index contributed by atoms with van der Waals surface area (Å²) in [6.45, 7) is 1.92. The van der Waals surface area contributed by atoms with Gasteiger partial charge in [-0.1, -0.05) is 54.1 Å². The molecule has 0 unspecified atom stereocenters. The van der Waals surface area contributed by atoms with Gasteiger partial charge in [-0.25, -0.2) is 4.90 Å². The smallest absolute Gasteiger partial charge is 0.270 e. The second kappa shape index (κ2) is 7.98. The van der Waals surface area contributed by atoms with Crippen LogP contribution in [0.4, 0.5) is 11.4 Å². The fourth-order valence-corrected chi connectivity index (χ4v) is 5.75. The number of ketones is 1. The number of non-ortho nitro benzene ring substituents is 1. The fraction of sp³-hybridized carbons (Fsp3) is 0.179. The molecule has 178 valence electrons. The minimum Gasteiger partial charge on any atom is -0.358 e. The van der Waals surface area contributed by atoms with Gasteiger partial charge in [-0.2, -0.15) is 0 Å². The zero-order valence-corrected chi connectivity index (χ0v) is 19.3. The van der Waals surface area contributed by atoms with Crippen molar-refractivity contribution in [3.63, 3.8) is 0 Å². The molecule has 0 saturated carbocycles. The summed E-state index contributed by atoms with van der Waals surface area (Å²) in [7, 11) is 0. The maximum atomic E-state index is 13.9. The summed E-state index contributed by atoms with van der Waals surface area (Å²) in [5, 5.41) is 11.3. The Morgan fingerprint density at radius 3 is 2.39 bits per heavy atom. The van der Waals surface area contributed by atoms with E-state index in [4.69, 9.17) is 0 Å². The number of nitrogens with zero attached hydrogens (tertiary/aromatic N) is 3. The van der Waals surface area contributed by atoms with E-state index in [9.17, 15) is 24.5 Å². The van der Waals surface area contributed by atoms with E-state index in [0.29, 0.717) is 5.69 Å². The Bertz CT molecular complexity index is 1480. The number of nitro benzene ring substituents is 1. The molecule has 3 aliphatic heterocycles. The number of nitro groups is 1. The van der Waals surface area contributed by atoms with Crippen molar-refractivity contribution in [1.29, 1.82) is 0 Å². The largest absolute Gasteiger partial charge is 0.358 e. The van der Waals surface area contributed by atoms with Gasteiger partial charge in [-0.3, -0.25) is 24.5 Å². The first-order valence-electron chi connectivity index (χ1n) is 11.6. The van der Waals surface area contributed by atoms with Crippen LogP contribution in [0.5, 0.6) is 0 Å². The third-order valence-corrected chi connectivity index (χ3v) is 7.36. The molecule has 0 radical (unpaired) electrons. The molecule has 0 bridgehead atoms. The third-order valence-electron chi connectivity index (χ3n) is 7.36. The van der Waals surface area contributed by atoms with Crippen LogP contribution in [-0.4, -0.2) is 33.5 Å². The van der Waals surface area contributed by atoms with Gasteiger partial charge in [-0.05, 0) is 36.3 Å². The van der Waals surface area contributed by atoms with Gasteiger partial charge >= 0.3 is 0 Å². The highest BCUT2D eigenvalue weighted by Crippen LogP contribution is 2.53. The second-order valence-corrected chi connectivity index (χ2v) is 9.35. The lowest BCUT2D eigenvalue weighted by Gasteiger charge is -2.35. The standard InChI is InChI=1S/C28H21N3O5/c1-16-9-11-19(12-10-16)30-27(33)22-23(28(30)34)25(26(32)18-6-4-7-20(15-18)31(35)36)29-14-13-17-5-2-3-8-21(17)24(22)29/h2-15,22-25H,1H3/t22-,23+,24-,25-/m0/s1. The number of imide groups is 1. The topological polar surface area (TPSA) is 101 Å². The Kier molecular flexibility index (Phi) is 4.86. The molecule has 3 aromatic carbocycles. The van der Waals surface area contributed by atoms with E-state index >= 15 is 0 Å². The molecule has 4 atom stereocenters. The normalized spacial score (nSPS) is 23.9. The third kappa shape index (κ3) is 3.11. The van der Waals surface area contributed by atoms with E-state index in [1.165, 1.54) is 29.2 Å². The molecule has 0 aliphatic carbocycles. The number of anilines is 1. The van der Waals surface area contributed by atoms with Crippen LogP contribution in [0.15, 0.2) is 79.0 Å². The Balaban J connectivity index is 1.49. The van der Waals surface area contributed by atoms with E-state index < -0.39 is 40.5 Å². The SMILES string of the molecule is Cc1ccc(N2C(=O)[C@@H]3[C@H](C2=O)[C@@H]2c4ccccc4C=CN2[C@@H]3C(=O)c2cccc([N+](=O)[O-])c2)cc1. The van der Waals surface area contributed by atoms with Crippen LogP contribution >= 0.6 is 0 Å². The molecule has 3 aliphatic rings. The molecule has 8 heteroatoms. The lowest BCUT2D eigenvalue weighted by atomic mass is 9.83. The summed E-state index contributed by atoms with van der Waals surface area (Å²) in [6, 6.07) is 18.8. The van der Waals surface area contributed by atoms with Crippen LogP contribution < -0.4 is 4.90 Å². The molecule has 6 rings (SSSR count). The molecule has 3 heterocycles. The number of carbonyl (C=O) groups excluding carboxylic acids is 3. The van der Waals surface area contributed by atoms with Crippen molar-refractivity contribution in [2.75, 3.05) is 4.90 Å². The first-order chi connectivity index (χ1) is 17.4. The predicted octanol–water partition coefficient (Wildman–Crippen LogP) is 4.30. The number of Topliss-reactive ketones (excluding diaryl/α,β-unsaturated/α-hetero) is 1. The van der Waals surface area contributed by atoms with Gasteiger partial charge < -0.3 is 4.90 Å². The summed E-state index contributed by atoms with van der Waals surface area (Å²) in [6.07, 6.45) is 3.63. The van der Waals surface area contributed by atoms with Crippen LogP contribution in [0.3, 0.4) is 0 Å².